The molecule has 1 rings (SSSR count). The largest absolute Gasteiger partial charge is 0.476 e. The van der Waals surface area contributed by atoms with E-state index in [0.717, 1.165) is 0 Å². The van der Waals surface area contributed by atoms with Gasteiger partial charge in [0.05, 0.1) is 5.51 Å². The van der Waals surface area contributed by atoms with Crippen LogP contribution >= 0.6 is 11.3 Å². The van der Waals surface area contributed by atoms with Gasteiger partial charge in [-0.2, -0.15) is 0 Å². The van der Waals surface area contributed by atoms with Crippen LogP contribution in [0.3, 0.4) is 0 Å². The summed E-state index contributed by atoms with van der Waals surface area (Å²) in [5.74, 6) is -1.02. The van der Waals surface area contributed by atoms with E-state index in [4.69, 9.17) is 10.8 Å². The summed E-state index contributed by atoms with van der Waals surface area (Å²) in [6.07, 6.45) is 0. The molecule has 6 heteroatoms. The van der Waals surface area contributed by atoms with E-state index in [1.165, 1.54) is 16.8 Å². The van der Waals surface area contributed by atoms with E-state index in [1.54, 1.807) is 0 Å². The van der Waals surface area contributed by atoms with Crippen molar-refractivity contribution in [2.45, 2.75) is 0 Å². The van der Waals surface area contributed by atoms with E-state index < -0.39 is 5.97 Å². The molecule has 0 saturated carbocycles. The number of nitrogens with two attached hydrogens (primary N) is 1. The van der Waals surface area contributed by atoms with Gasteiger partial charge in [0.25, 0.3) is 0 Å². The maximum absolute atomic E-state index is 10.5. The summed E-state index contributed by atoms with van der Waals surface area (Å²) in [7, 11) is 0. The van der Waals surface area contributed by atoms with E-state index in [0.29, 0.717) is 18.1 Å². The molecule has 12 heavy (non-hydrogen) atoms. The molecule has 0 aliphatic carbocycles. The van der Waals surface area contributed by atoms with Gasteiger partial charge in [-0.05, 0) is 0 Å². The Kier molecular flexibility index (Phi) is 3.01. The fraction of sp³-hybridized carbons (Fsp3) is 0.333. The Morgan fingerprint density at radius 3 is 3.17 bits per heavy atom. The third-order valence-electron chi connectivity index (χ3n) is 1.20. The Balaban J connectivity index is 2.70. The minimum Gasteiger partial charge on any atom is -0.476 e. The summed E-state index contributed by atoms with van der Waals surface area (Å²) >= 11 is 1.26. The Hall–Kier alpha value is -1.14. The van der Waals surface area contributed by atoms with Gasteiger partial charge < -0.3 is 16.2 Å². The van der Waals surface area contributed by atoms with Crippen molar-refractivity contribution in [3.05, 3.63) is 11.2 Å². The second-order valence-corrected chi connectivity index (χ2v) is 2.91. The van der Waals surface area contributed by atoms with Crippen molar-refractivity contribution < 1.29 is 9.90 Å². The average molecular weight is 187 g/mol. The zero-order chi connectivity index (χ0) is 8.97. The summed E-state index contributed by atoms with van der Waals surface area (Å²) < 4.78 is 0. The van der Waals surface area contributed by atoms with Gasteiger partial charge in [-0.25, -0.2) is 9.78 Å². The van der Waals surface area contributed by atoms with Crippen LogP contribution in [0, 0.1) is 0 Å². The number of anilines is 1. The SMILES string of the molecule is NCCNc1scnc1C(=O)O. The number of carboxylic acids is 1. The lowest BCUT2D eigenvalue weighted by atomic mass is 10.4. The van der Waals surface area contributed by atoms with Gasteiger partial charge in [-0.15, -0.1) is 11.3 Å². The lowest BCUT2D eigenvalue weighted by Gasteiger charge is -2.00. The predicted octanol–water partition coefficient (Wildman–Crippen LogP) is 0.212. The highest BCUT2D eigenvalue weighted by Gasteiger charge is 2.11. The molecule has 0 aromatic carbocycles. The Morgan fingerprint density at radius 2 is 2.58 bits per heavy atom. The molecule has 1 heterocycles. The molecule has 1 aromatic rings. The third-order valence-corrected chi connectivity index (χ3v) is 1.98. The van der Waals surface area contributed by atoms with Crippen LogP contribution in [-0.2, 0) is 0 Å². The zero-order valence-electron chi connectivity index (χ0n) is 6.28. The Labute approximate surface area is 73.2 Å². The summed E-state index contributed by atoms with van der Waals surface area (Å²) in [5, 5.41) is 12.1. The number of hydrogen-bond acceptors (Lipinski definition) is 5. The number of aromatic nitrogens is 1. The van der Waals surface area contributed by atoms with Gasteiger partial charge in [-0.3, -0.25) is 0 Å². The first-order valence-electron chi connectivity index (χ1n) is 3.36. The predicted molar refractivity (Wildman–Crippen MR) is 46.6 cm³/mol. The van der Waals surface area contributed by atoms with Gasteiger partial charge in [0.15, 0.2) is 5.69 Å². The van der Waals surface area contributed by atoms with Crippen molar-refractivity contribution in [2.75, 3.05) is 18.4 Å². The number of hydrogen-bond donors (Lipinski definition) is 3. The van der Waals surface area contributed by atoms with Crippen LogP contribution in [0.5, 0.6) is 0 Å². The quantitative estimate of drug-likeness (QED) is 0.627. The number of carbonyl (C=O) groups is 1. The second-order valence-electron chi connectivity index (χ2n) is 2.05. The van der Waals surface area contributed by atoms with E-state index >= 15 is 0 Å². The first-order valence-corrected chi connectivity index (χ1v) is 4.24. The topological polar surface area (TPSA) is 88.2 Å². The molecule has 0 aliphatic heterocycles. The molecular weight excluding hydrogens is 178 g/mol. The fourth-order valence-electron chi connectivity index (χ4n) is 0.710. The monoisotopic (exact) mass is 187 g/mol. The standard InChI is InChI=1S/C6H9N3O2S/c7-1-2-8-5-4(6(10)11)9-3-12-5/h3,8H,1-2,7H2,(H,10,11). The molecule has 0 atom stereocenters. The second kappa shape index (κ2) is 4.03. The zero-order valence-corrected chi connectivity index (χ0v) is 7.10. The van der Waals surface area contributed by atoms with E-state index in [2.05, 4.69) is 10.3 Å². The normalized spacial score (nSPS) is 9.75. The minimum absolute atomic E-state index is 0.0634. The summed E-state index contributed by atoms with van der Waals surface area (Å²) in [6.45, 7) is 1.03. The van der Waals surface area contributed by atoms with Crippen molar-refractivity contribution in [2.24, 2.45) is 5.73 Å². The number of nitrogens with one attached hydrogen (secondary N) is 1. The fourth-order valence-corrected chi connectivity index (χ4v) is 1.41. The molecule has 0 amide bonds. The lowest BCUT2D eigenvalue weighted by Crippen LogP contribution is -2.14. The summed E-state index contributed by atoms with van der Waals surface area (Å²) in [6, 6.07) is 0. The highest BCUT2D eigenvalue weighted by Crippen LogP contribution is 2.19. The van der Waals surface area contributed by atoms with Crippen molar-refractivity contribution in [1.82, 2.24) is 4.98 Å². The van der Waals surface area contributed by atoms with Crippen molar-refractivity contribution in [1.29, 1.82) is 0 Å². The smallest absolute Gasteiger partial charge is 0.357 e. The molecular formula is C6H9N3O2S. The summed E-state index contributed by atoms with van der Waals surface area (Å²) in [5.41, 5.74) is 6.80. The third kappa shape index (κ3) is 1.93. The Bertz CT molecular complexity index is 274. The molecule has 5 nitrogen and oxygen atoms in total. The molecule has 4 N–H and O–H groups in total. The molecule has 0 spiro atoms. The van der Waals surface area contributed by atoms with Crippen LogP contribution < -0.4 is 11.1 Å². The first-order chi connectivity index (χ1) is 5.75. The van der Waals surface area contributed by atoms with Gasteiger partial charge in [-0.1, -0.05) is 0 Å². The summed E-state index contributed by atoms with van der Waals surface area (Å²) in [4.78, 5) is 14.2. The van der Waals surface area contributed by atoms with E-state index in [9.17, 15) is 4.79 Å². The van der Waals surface area contributed by atoms with Gasteiger partial charge in [0, 0.05) is 13.1 Å². The highest BCUT2D eigenvalue weighted by atomic mass is 32.1. The highest BCUT2D eigenvalue weighted by molar-refractivity contribution is 7.14. The number of nitrogens with zero attached hydrogens (tertiary/aromatic N) is 1. The van der Waals surface area contributed by atoms with Crippen molar-refractivity contribution in [3.63, 3.8) is 0 Å². The van der Waals surface area contributed by atoms with Crippen molar-refractivity contribution in [3.8, 4) is 0 Å². The molecule has 1 aromatic heterocycles. The number of thiazole rings is 1. The average Bonchev–Trinajstić information content (AvgIpc) is 2.48. The van der Waals surface area contributed by atoms with E-state index in [1.807, 2.05) is 0 Å². The minimum atomic E-state index is -1.02. The number of aromatic carboxylic acids is 1. The molecule has 0 radical (unpaired) electrons. The van der Waals surface area contributed by atoms with Crippen LogP contribution in [0.2, 0.25) is 0 Å². The number of carboxylic acid groups (broad SMARTS) is 1. The van der Waals surface area contributed by atoms with E-state index in [-0.39, 0.29) is 5.69 Å². The molecule has 66 valence electrons. The maximum atomic E-state index is 10.5. The molecule has 0 aliphatic rings. The molecule has 0 fully saturated rings. The first kappa shape index (κ1) is 8.95. The molecule has 0 bridgehead atoms. The maximum Gasteiger partial charge on any atom is 0.357 e. The molecule has 0 saturated heterocycles. The van der Waals surface area contributed by atoms with Gasteiger partial charge in [0.1, 0.15) is 5.00 Å². The van der Waals surface area contributed by atoms with Crippen LogP contribution in [0.1, 0.15) is 10.5 Å². The van der Waals surface area contributed by atoms with Crippen LogP contribution in [0.15, 0.2) is 5.51 Å². The number of rotatable bonds is 4. The van der Waals surface area contributed by atoms with Gasteiger partial charge >= 0.3 is 5.97 Å². The van der Waals surface area contributed by atoms with Gasteiger partial charge in [0.2, 0.25) is 0 Å². The van der Waals surface area contributed by atoms with Crippen molar-refractivity contribution >= 4 is 22.3 Å². The van der Waals surface area contributed by atoms with Crippen LogP contribution in [0.4, 0.5) is 5.00 Å². The van der Waals surface area contributed by atoms with Crippen LogP contribution in [-0.4, -0.2) is 29.1 Å². The lowest BCUT2D eigenvalue weighted by molar-refractivity contribution is 0.0692. The van der Waals surface area contributed by atoms with Crippen LogP contribution in [0.25, 0.3) is 0 Å². The Morgan fingerprint density at radius 1 is 1.83 bits per heavy atom. The molecule has 0 unspecified atom stereocenters.